The SMILES string of the molecule is CC(C)C(=O)N1CCC(C(=O)N(CC(=O)O)Cc2ccc(Cl)cc2)CC1. The van der Waals surface area contributed by atoms with Gasteiger partial charge in [0.05, 0.1) is 0 Å². The first-order valence-electron chi connectivity index (χ1n) is 8.81. The number of benzene rings is 1. The highest BCUT2D eigenvalue weighted by Gasteiger charge is 2.31. The molecule has 1 aliphatic rings. The van der Waals surface area contributed by atoms with Crippen molar-refractivity contribution in [2.75, 3.05) is 19.6 Å². The molecule has 0 bridgehead atoms. The van der Waals surface area contributed by atoms with Crippen molar-refractivity contribution in [2.45, 2.75) is 33.2 Å². The predicted octanol–water partition coefficient (Wildman–Crippen LogP) is 2.65. The first kappa shape index (κ1) is 20.2. The number of carbonyl (C=O) groups excluding carboxylic acids is 2. The number of carbonyl (C=O) groups is 3. The summed E-state index contributed by atoms with van der Waals surface area (Å²) in [5, 5.41) is 9.75. The molecule has 2 amide bonds. The van der Waals surface area contributed by atoms with E-state index in [0.717, 1.165) is 5.56 Å². The molecule has 1 aromatic carbocycles. The lowest BCUT2D eigenvalue weighted by Gasteiger charge is -2.34. The van der Waals surface area contributed by atoms with Gasteiger partial charge in [-0.15, -0.1) is 0 Å². The van der Waals surface area contributed by atoms with Gasteiger partial charge >= 0.3 is 5.97 Å². The van der Waals surface area contributed by atoms with Gasteiger partial charge in [0.1, 0.15) is 6.54 Å². The molecule has 0 aliphatic carbocycles. The van der Waals surface area contributed by atoms with Gasteiger partial charge in [0.25, 0.3) is 0 Å². The van der Waals surface area contributed by atoms with Gasteiger partial charge in [-0.1, -0.05) is 37.6 Å². The summed E-state index contributed by atoms with van der Waals surface area (Å²) in [5.74, 6) is -1.42. The van der Waals surface area contributed by atoms with Crippen molar-refractivity contribution in [2.24, 2.45) is 11.8 Å². The number of aliphatic carboxylic acids is 1. The Labute approximate surface area is 158 Å². The normalized spacial score (nSPS) is 15.2. The van der Waals surface area contributed by atoms with Crippen LogP contribution in [0.2, 0.25) is 5.02 Å². The molecule has 2 rings (SSSR count). The molecule has 142 valence electrons. The zero-order chi connectivity index (χ0) is 19.3. The van der Waals surface area contributed by atoms with Gasteiger partial charge in [0.15, 0.2) is 0 Å². The maximum absolute atomic E-state index is 12.8. The summed E-state index contributed by atoms with van der Waals surface area (Å²) in [6.07, 6.45) is 1.13. The molecule has 0 atom stereocenters. The fourth-order valence-corrected chi connectivity index (χ4v) is 3.28. The maximum atomic E-state index is 12.8. The van der Waals surface area contributed by atoms with E-state index in [4.69, 9.17) is 16.7 Å². The first-order valence-corrected chi connectivity index (χ1v) is 9.19. The summed E-state index contributed by atoms with van der Waals surface area (Å²) in [6, 6.07) is 7.01. The highest BCUT2D eigenvalue weighted by atomic mass is 35.5. The number of halogens is 1. The second-order valence-electron chi connectivity index (χ2n) is 6.97. The van der Waals surface area contributed by atoms with Gasteiger partial charge < -0.3 is 14.9 Å². The second kappa shape index (κ2) is 9.03. The Kier molecular flexibility index (Phi) is 7.03. The topological polar surface area (TPSA) is 77.9 Å². The molecule has 0 radical (unpaired) electrons. The number of likely N-dealkylation sites (tertiary alicyclic amines) is 1. The minimum Gasteiger partial charge on any atom is -0.480 e. The molecule has 1 heterocycles. The van der Waals surface area contributed by atoms with E-state index in [1.807, 2.05) is 13.8 Å². The van der Waals surface area contributed by atoms with Crippen LogP contribution in [0, 0.1) is 11.8 Å². The van der Waals surface area contributed by atoms with Crippen LogP contribution in [0.4, 0.5) is 0 Å². The molecule has 1 saturated heterocycles. The lowest BCUT2D eigenvalue weighted by atomic mass is 9.94. The van der Waals surface area contributed by atoms with Gasteiger partial charge in [-0.05, 0) is 30.5 Å². The Balaban J connectivity index is 2.01. The number of nitrogens with zero attached hydrogens (tertiary/aromatic N) is 2. The van der Waals surface area contributed by atoms with Crippen molar-refractivity contribution in [3.05, 3.63) is 34.9 Å². The third-order valence-corrected chi connectivity index (χ3v) is 4.83. The minimum atomic E-state index is -1.04. The summed E-state index contributed by atoms with van der Waals surface area (Å²) in [4.78, 5) is 39.3. The van der Waals surface area contributed by atoms with Gasteiger partial charge in [-0.2, -0.15) is 0 Å². The molecular weight excluding hydrogens is 356 g/mol. The van der Waals surface area contributed by atoms with E-state index >= 15 is 0 Å². The number of hydrogen-bond donors (Lipinski definition) is 1. The van der Waals surface area contributed by atoms with Crippen LogP contribution in [-0.4, -0.2) is 52.3 Å². The molecule has 26 heavy (non-hydrogen) atoms. The van der Waals surface area contributed by atoms with Crippen molar-refractivity contribution >= 4 is 29.4 Å². The van der Waals surface area contributed by atoms with Crippen molar-refractivity contribution in [3.8, 4) is 0 Å². The molecule has 1 fully saturated rings. The van der Waals surface area contributed by atoms with E-state index in [9.17, 15) is 14.4 Å². The molecule has 0 spiro atoms. The second-order valence-corrected chi connectivity index (χ2v) is 7.41. The smallest absolute Gasteiger partial charge is 0.323 e. The molecular formula is C19H25ClN2O4. The summed E-state index contributed by atoms with van der Waals surface area (Å²) in [7, 11) is 0. The average molecular weight is 381 g/mol. The third kappa shape index (κ3) is 5.46. The van der Waals surface area contributed by atoms with Gasteiger partial charge in [-0.3, -0.25) is 14.4 Å². The fraction of sp³-hybridized carbons (Fsp3) is 0.526. The van der Waals surface area contributed by atoms with Gasteiger partial charge in [-0.25, -0.2) is 0 Å². The number of rotatable bonds is 6. The quantitative estimate of drug-likeness (QED) is 0.822. The Hall–Kier alpha value is -2.08. The van der Waals surface area contributed by atoms with Crippen LogP contribution >= 0.6 is 11.6 Å². The van der Waals surface area contributed by atoms with Crippen molar-refractivity contribution in [1.29, 1.82) is 0 Å². The number of hydrogen-bond acceptors (Lipinski definition) is 3. The Morgan fingerprint density at radius 3 is 2.27 bits per heavy atom. The standard InChI is InChI=1S/C19H25ClN2O4/c1-13(2)18(25)21-9-7-15(8-10-21)19(26)22(12-17(23)24)11-14-3-5-16(20)6-4-14/h3-6,13,15H,7-12H2,1-2H3,(H,23,24). The van der Waals surface area contributed by atoms with Crippen LogP contribution in [0.3, 0.4) is 0 Å². The van der Waals surface area contributed by atoms with Crippen molar-refractivity contribution in [1.82, 2.24) is 9.80 Å². The summed E-state index contributed by atoms with van der Waals surface area (Å²) >= 11 is 5.87. The van der Waals surface area contributed by atoms with E-state index in [1.54, 1.807) is 29.2 Å². The van der Waals surface area contributed by atoms with Crippen LogP contribution in [0.15, 0.2) is 24.3 Å². The lowest BCUT2D eigenvalue weighted by Crippen LogP contribution is -2.46. The van der Waals surface area contributed by atoms with E-state index in [0.29, 0.717) is 31.0 Å². The lowest BCUT2D eigenvalue weighted by molar-refractivity contribution is -0.148. The van der Waals surface area contributed by atoms with Crippen LogP contribution < -0.4 is 0 Å². The van der Waals surface area contributed by atoms with E-state index in [-0.39, 0.29) is 36.7 Å². The minimum absolute atomic E-state index is 0.0596. The summed E-state index contributed by atoms with van der Waals surface area (Å²) in [5.41, 5.74) is 0.830. The Morgan fingerprint density at radius 1 is 1.19 bits per heavy atom. The van der Waals surface area contributed by atoms with Crippen molar-refractivity contribution < 1.29 is 19.5 Å². The molecule has 1 N–H and O–H groups in total. The van der Waals surface area contributed by atoms with Gasteiger partial charge in [0.2, 0.25) is 11.8 Å². The highest BCUT2D eigenvalue weighted by Crippen LogP contribution is 2.22. The molecule has 1 aliphatic heterocycles. The molecule has 1 aromatic rings. The number of amides is 2. The maximum Gasteiger partial charge on any atom is 0.323 e. The van der Waals surface area contributed by atoms with Crippen LogP contribution in [-0.2, 0) is 20.9 Å². The first-order chi connectivity index (χ1) is 12.3. The molecule has 0 aromatic heterocycles. The third-order valence-electron chi connectivity index (χ3n) is 4.57. The van der Waals surface area contributed by atoms with Crippen molar-refractivity contribution in [3.63, 3.8) is 0 Å². The Bertz CT molecular complexity index is 652. The number of carboxylic acid groups (broad SMARTS) is 1. The zero-order valence-corrected chi connectivity index (χ0v) is 15.9. The average Bonchev–Trinajstić information content (AvgIpc) is 2.61. The molecule has 0 unspecified atom stereocenters. The number of carboxylic acids is 1. The molecule has 6 nitrogen and oxygen atoms in total. The van der Waals surface area contributed by atoms with Gasteiger partial charge in [0, 0.05) is 36.5 Å². The van der Waals surface area contributed by atoms with E-state index in [1.165, 1.54) is 4.90 Å². The predicted molar refractivity (Wildman–Crippen MR) is 98.6 cm³/mol. The largest absolute Gasteiger partial charge is 0.480 e. The summed E-state index contributed by atoms with van der Waals surface area (Å²) in [6.45, 7) is 4.69. The molecule has 0 saturated carbocycles. The highest BCUT2D eigenvalue weighted by molar-refractivity contribution is 6.30. The van der Waals surface area contributed by atoms with Crippen LogP contribution in [0.25, 0.3) is 0 Å². The van der Waals surface area contributed by atoms with Crippen LogP contribution in [0.1, 0.15) is 32.3 Å². The number of piperidine rings is 1. The zero-order valence-electron chi connectivity index (χ0n) is 15.2. The van der Waals surface area contributed by atoms with E-state index in [2.05, 4.69) is 0 Å². The Morgan fingerprint density at radius 2 is 1.77 bits per heavy atom. The van der Waals surface area contributed by atoms with Crippen LogP contribution in [0.5, 0.6) is 0 Å². The van der Waals surface area contributed by atoms with E-state index < -0.39 is 5.97 Å². The molecule has 7 heteroatoms. The fourth-order valence-electron chi connectivity index (χ4n) is 3.16. The monoisotopic (exact) mass is 380 g/mol. The summed E-state index contributed by atoms with van der Waals surface area (Å²) < 4.78 is 0.